The molecule has 2 aromatic carbocycles. The molecule has 0 saturated carbocycles. The summed E-state index contributed by atoms with van der Waals surface area (Å²) < 4.78 is 5.62. The molecule has 1 aromatic heterocycles. The second kappa shape index (κ2) is 9.54. The number of H-pyrrole nitrogens is 1. The molecule has 184 valence electrons. The summed E-state index contributed by atoms with van der Waals surface area (Å²) in [6.45, 7) is 9.28. The van der Waals surface area contributed by atoms with Gasteiger partial charge in [-0.2, -0.15) is 0 Å². The van der Waals surface area contributed by atoms with Crippen molar-refractivity contribution < 1.29 is 9.53 Å². The topological polar surface area (TPSA) is 57.4 Å². The van der Waals surface area contributed by atoms with Gasteiger partial charge >= 0.3 is 6.09 Å². The van der Waals surface area contributed by atoms with Gasteiger partial charge in [-0.15, -0.1) is 0 Å². The van der Waals surface area contributed by atoms with Crippen LogP contribution in [0.3, 0.4) is 0 Å². The van der Waals surface area contributed by atoms with Gasteiger partial charge in [0.25, 0.3) is 0 Å². The molecule has 0 fully saturated rings. The van der Waals surface area contributed by atoms with Crippen molar-refractivity contribution in [3.63, 3.8) is 0 Å². The Labute approximate surface area is 208 Å². The first-order chi connectivity index (χ1) is 16.8. The number of fused-ring (bicyclic) bond motifs is 3. The number of nitrogens with one attached hydrogen (secondary N) is 2. The Bertz CT molecular complexity index is 1240. The highest BCUT2D eigenvalue weighted by molar-refractivity contribution is 5.89. The third-order valence-corrected chi connectivity index (χ3v) is 7.13. The third-order valence-electron chi connectivity index (χ3n) is 7.13. The largest absolute Gasteiger partial charge is 0.444 e. The van der Waals surface area contributed by atoms with Gasteiger partial charge in [-0.25, -0.2) is 4.79 Å². The van der Waals surface area contributed by atoms with Crippen LogP contribution in [0.1, 0.15) is 81.4 Å². The van der Waals surface area contributed by atoms with Gasteiger partial charge in [-0.3, -0.25) is 0 Å². The number of ether oxygens (including phenoxy) is 1. The maximum atomic E-state index is 12.6. The first-order valence-electron chi connectivity index (χ1n) is 12.9. The lowest BCUT2D eigenvalue weighted by Crippen LogP contribution is -2.39. The molecule has 1 amide bonds. The van der Waals surface area contributed by atoms with Gasteiger partial charge < -0.3 is 19.9 Å². The van der Waals surface area contributed by atoms with Crippen molar-refractivity contribution in [2.24, 2.45) is 0 Å². The van der Waals surface area contributed by atoms with Crippen molar-refractivity contribution in [1.29, 1.82) is 0 Å². The van der Waals surface area contributed by atoms with Crippen molar-refractivity contribution >= 4 is 22.6 Å². The first-order valence-corrected chi connectivity index (χ1v) is 12.9. The van der Waals surface area contributed by atoms with E-state index >= 15 is 0 Å². The number of nitrogens with zero attached hydrogens (tertiary/aromatic N) is 1. The van der Waals surface area contributed by atoms with Crippen LogP contribution in [-0.2, 0) is 11.2 Å². The highest BCUT2D eigenvalue weighted by Crippen LogP contribution is 2.37. The fraction of sp³-hybridized carbons (Fsp3) is 0.433. The summed E-state index contributed by atoms with van der Waals surface area (Å²) in [5.41, 5.74) is 7.19. The summed E-state index contributed by atoms with van der Waals surface area (Å²) in [5.74, 6) is 0. The van der Waals surface area contributed by atoms with E-state index < -0.39 is 5.60 Å². The minimum atomic E-state index is -0.482. The molecule has 2 N–H and O–H groups in total. The maximum absolute atomic E-state index is 12.6. The van der Waals surface area contributed by atoms with Gasteiger partial charge in [0.05, 0.1) is 0 Å². The highest BCUT2D eigenvalue weighted by Gasteiger charge is 2.27. The molecule has 2 aliphatic rings. The SMILES string of the molecule is C[C@@H](NC1CCCc2c1[nH]c1ccc(C3=CCCN(C(=O)OC(C)(C)C)C3)cc21)c1ccccc1. The van der Waals surface area contributed by atoms with Crippen LogP contribution >= 0.6 is 0 Å². The van der Waals surface area contributed by atoms with Crippen molar-refractivity contribution in [2.75, 3.05) is 13.1 Å². The van der Waals surface area contributed by atoms with Gasteiger partial charge in [0, 0.05) is 41.8 Å². The molecular formula is C30H37N3O2. The average Bonchev–Trinajstić information content (AvgIpc) is 3.22. The van der Waals surface area contributed by atoms with Gasteiger partial charge in [-0.05, 0) is 87.8 Å². The van der Waals surface area contributed by atoms with Crippen LogP contribution in [-0.4, -0.2) is 34.7 Å². The molecule has 0 spiro atoms. The van der Waals surface area contributed by atoms with Crippen LogP contribution in [0.15, 0.2) is 54.6 Å². The number of hydrogen-bond acceptors (Lipinski definition) is 3. The quantitative estimate of drug-likeness (QED) is 0.434. The number of benzene rings is 2. The van der Waals surface area contributed by atoms with Crippen LogP contribution in [0.4, 0.5) is 4.79 Å². The predicted molar refractivity (Wildman–Crippen MR) is 142 cm³/mol. The molecule has 1 aliphatic carbocycles. The zero-order valence-corrected chi connectivity index (χ0v) is 21.4. The Morgan fingerprint density at radius 3 is 2.74 bits per heavy atom. The van der Waals surface area contributed by atoms with E-state index in [1.165, 1.54) is 45.3 Å². The summed E-state index contributed by atoms with van der Waals surface area (Å²) >= 11 is 0. The lowest BCUT2D eigenvalue weighted by atomic mass is 9.90. The Kier molecular flexibility index (Phi) is 6.45. The smallest absolute Gasteiger partial charge is 0.410 e. The minimum absolute atomic E-state index is 0.232. The van der Waals surface area contributed by atoms with E-state index in [0.29, 0.717) is 25.2 Å². The van der Waals surface area contributed by atoms with E-state index in [9.17, 15) is 4.79 Å². The van der Waals surface area contributed by atoms with Crippen LogP contribution < -0.4 is 5.32 Å². The molecule has 1 aliphatic heterocycles. The van der Waals surface area contributed by atoms with E-state index in [1.807, 2.05) is 25.7 Å². The van der Waals surface area contributed by atoms with Crippen molar-refractivity contribution in [1.82, 2.24) is 15.2 Å². The zero-order valence-electron chi connectivity index (χ0n) is 21.4. The fourth-order valence-electron chi connectivity index (χ4n) is 5.40. The lowest BCUT2D eigenvalue weighted by molar-refractivity contribution is 0.0273. The van der Waals surface area contributed by atoms with E-state index in [-0.39, 0.29) is 6.09 Å². The Balaban J connectivity index is 1.38. The van der Waals surface area contributed by atoms with Gasteiger partial charge in [0.1, 0.15) is 5.60 Å². The zero-order chi connectivity index (χ0) is 24.6. The van der Waals surface area contributed by atoms with E-state index in [1.54, 1.807) is 0 Å². The highest BCUT2D eigenvalue weighted by atomic mass is 16.6. The lowest BCUT2D eigenvalue weighted by Gasteiger charge is -2.30. The van der Waals surface area contributed by atoms with Crippen LogP contribution in [0.5, 0.6) is 0 Å². The molecule has 5 heteroatoms. The number of aryl methyl sites for hydroxylation is 1. The van der Waals surface area contributed by atoms with E-state index in [2.05, 4.69) is 71.8 Å². The number of carbonyl (C=O) groups is 1. The molecule has 35 heavy (non-hydrogen) atoms. The summed E-state index contributed by atoms with van der Waals surface area (Å²) in [6.07, 6.45) is 6.30. The summed E-state index contributed by atoms with van der Waals surface area (Å²) in [7, 11) is 0. The van der Waals surface area contributed by atoms with E-state index in [0.717, 1.165) is 19.3 Å². The van der Waals surface area contributed by atoms with Crippen molar-refractivity contribution in [3.05, 3.63) is 77.0 Å². The third kappa shape index (κ3) is 5.15. The number of carbonyl (C=O) groups excluding carboxylic acids is 1. The molecule has 5 rings (SSSR count). The minimum Gasteiger partial charge on any atom is -0.444 e. The average molecular weight is 472 g/mol. The molecule has 0 saturated heterocycles. The molecule has 3 aromatic rings. The monoisotopic (exact) mass is 471 g/mol. The number of aromatic nitrogens is 1. The molecular weight excluding hydrogens is 434 g/mol. The first kappa shape index (κ1) is 23.7. The fourth-order valence-corrected chi connectivity index (χ4v) is 5.40. The van der Waals surface area contributed by atoms with Gasteiger partial charge in [0.15, 0.2) is 0 Å². The summed E-state index contributed by atoms with van der Waals surface area (Å²) in [6, 6.07) is 18.0. The predicted octanol–water partition coefficient (Wildman–Crippen LogP) is 6.92. The number of rotatable bonds is 4. The molecule has 2 heterocycles. The van der Waals surface area contributed by atoms with E-state index in [4.69, 9.17) is 4.74 Å². The molecule has 5 nitrogen and oxygen atoms in total. The summed E-state index contributed by atoms with van der Waals surface area (Å²) in [4.78, 5) is 18.2. The molecule has 2 atom stereocenters. The molecule has 0 radical (unpaired) electrons. The maximum Gasteiger partial charge on any atom is 0.410 e. The van der Waals surface area contributed by atoms with Gasteiger partial charge in [-0.1, -0.05) is 42.5 Å². The standard InChI is InChI=1S/C30H37N3O2/c1-20(21-10-6-5-7-11-21)31-27-14-8-13-24-25-18-22(15-16-26(25)32-28(24)27)23-12-9-17-33(19-23)29(34)35-30(2,3)4/h5-7,10-12,15-16,18,20,27,31-32H,8-9,13-14,17,19H2,1-4H3/t20-,27?/m1/s1. The number of amides is 1. The van der Waals surface area contributed by atoms with Crippen LogP contribution in [0.2, 0.25) is 0 Å². The van der Waals surface area contributed by atoms with Crippen LogP contribution in [0, 0.1) is 0 Å². The van der Waals surface area contributed by atoms with Crippen molar-refractivity contribution in [2.45, 2.75) is 71.1 Å². The van der Waals surface area contributed by atoms with Gasteiger partial charge in [0.2, 0.25) is 0 Å². The normalized spacial score (nSPS) is 19.3. The molecule has 1 unspecified atom stereocenters. The number of hydrogen-bond donors (Lipinski definition) is 2. The second-order valence-electron chi connectivity index (χ2n) is 10.9. The summed E-state index contributed by atoms with van der Waals surface area (Å²) in [5, 5.41) is 5.18. The Hall–Kier alpha value is -3.05. The second-order valence-corrected chi connectivity index (χ2v) is 10.9. The Morgan fingerprint density at radius 1 is 1.17 bits per heavy atom. The van der Waals surface area contributed by atoms with Crippen molar-refractivity contribution in [3.8, 4) is 0 Å². The Morgan fingerprint density at radius 2 is 1.97 bits per heavy atom. The molecule has 0 bridgehead atoms. The number of aromatic amines is 1. The van der Waals surface area contributed by atoms with Crippen LogP contribution in [0.25, 0.3) is 16.5 Å².